The van der Waals surface area contributed by atoms with Gasteiger partial charge in [0.1, 0.15) is 0 Å². The lowest BCUT2D eigenvalue weighted by Gasteiger charge is -2.30. The van der Waals surface area contributed by atoms with E-state index in [9.17, 15) is 15.0 Å². The third-order valence-electron chi connectivity index (χ3n) is 3.47. The molecule has 3 heteroatoms. The van der Waals surface area contributed by atoms with E-state index < -0.39 is 17.5 Å². The summed E-state index contributed by atoms with van der Waals surface area (Å²) in [5.41, 5.74) is -0.752. The van der Waals surface area contributed by atoms with E-state index in [1.54, 1.807) is 37.3 Å². The van der Waals surface area contributed by atoms with Crippen molar-refractivity contribution in [2.24, 2.45) is 0 Å². The van der Waals surface area contributed by atoms with E-state index >= 15 is 0 Å². The zero-order chi connectivity index (χ0) is 13.9. The first-order valence-corrected chi connectivity index (χ1v) is 6.13. The maximum atomic E-state index is 11.6. The number of aliphatic carboxylic acids is 1. The van der Waals surface area contributed by atoms with Crippen LogP contribution in [-0.4, -0.2) is 16.2 Å². The molecule has 3 nitrogen and oxygen atoms in total. The van der Waals surface area contributed by atoms with Crippen molar-refractivity contribution >= 4 is 5.97 Å². The van der Waals surface area contributed by atoms with E-state index in [2.05, 4.69) is 0 Å². The van der Waals surface area contributed by atoms with Gasteiger partial charge in [-0.15, -0.1) is 0 Å². The van der Waals surface area contributed by atoms with Crippen LogP contribution in [0.15, 0.2) is 60.7 Å². The maximum Gasteiger partial charge on any atom is 0.341 e. The van der Waals surface area contributed by atoms with Crippen LogP contribution in [0.3, 0.4) is 0 Å². The van der Waals surface area contributed by atoms with Crippen LogP contribution in [0.1, 0.15) is 24.0 Å². The van der Waals surface area contributed by atoms with Gasteiger partial charge in [-0.05, 0) is 11.1 Å². The first-order valence-electron chi connectivity index (χ1n) is 6.13. The molecule has 2 atom stereocenters. The van der Waals surface area contributed by atoms with Crippen LogP contribution < -0.4 is 0 Å². The van der Waals surface area contributed by atoms with Crippen LogP contribution in [0.25, 0.3) is 0 Å². The fraction of sp³-hybridized carbons (Fsp3) is 0.188. The largest absolute Gasteiger partial charge is 0.479 e. The van der Waals surface area contributed by atoms with Crippen LogP contribution in [0.2, 0.25) is 0 Å². The van der Waals surface area contributed by atoms with Crippen molar-refractivity contribution in [3.05, 3.63) is 71.8 Å². The molecule has 2 aromatic rings. The summed E-state index contributed by atoms with van der Waals surface area (Å²) in [4.78, 5) is 11.6. The van der Waals surface area contributed by atoms with Gasteiger partial charge in [-0.25, -0.2) is 4.79 Å². The second kappa shape index (κ2) is 5.24. The van der Waals surface area contributed by atoms with Gasteiger partial charge in [0.05, 0.1) is 0 Å². The average Bonchev–Trinajstić information content (AvgIpc) is 2.47. The van der Waals surface area contributed by atoms with Crippen molar-refractivity contribution < 1.29 is 15.0 Å². The zero-order valence-corrected chi connectivity index (χ0v) is 10.7. The first-order chi connectivity index (χ1) is 9.06. The molecular weight excluding hydrogens is 240 g/mol. The van der Waals surface area contributed by atoms with Gasteiger partial charge in [-0.2, -0.15) is 0 Å². The summed E-state index contributed by atoms with van der Waals surface area (Å²) >= 11 is 0. The molecule has 0 bridgehead atoms. The van der Waals surface area contributed by atoms with Crippen LogP contribution in [0.5, 0.6) is 0 Å². The molecule has 1 unspecified atom stereocenters. The summed E-state index contributed by atoms with van der Waals surface area (Å²) in [5, 5.41) is 20.1. The number of rotatable bonds is 4. The molecule has 0 aliphatic heterocycles. The van der Waals surface area contributed by atoms with Crippen molar-refractivity contribution in [2.75, 3.05) is 0 Å². The smallest absolute Gasteiger partial charge is 0.341 e. The Morgan fingerprint density at radius 1 is 1.00 bits per heavy atom. The molecule has 0 saturated heterocycles. The Kier molecular flexibility index (Phi) is 3.67. The molecule has 2 aromatic carbocycles. The third-order valence-corrected chi connectivity index (χ3v) is 3.47. The number of benzene rings is 2. The van der Waals surface area contributed by atoms with Gasteiger partial charge in [0.2, 0.25) is 0 Å². The van der Waals surface area contributed by atoms with Crippen molar-refractivity contribution in [2.45, 2.75) is 18.4 Å². The quantitative estimate of drug-likeness (QED) is 0.884. The minimum Gasteiger partial charge on any atom is -0.479 e. The number of hydrogen-bond acceptors (Lipinski definition) is 2. The van der Waals surface area contributed by atoms with Crippen LogP contribution in [0, 0.1) is 0 Å². The normalized spacial score (nSPS) is 15.5. The maximum absolute atomic E-state index is 11.6. The molecule has 0 aromatic heterocycles. The van der Waals surface area contributed by atoms with Gasteiger partial charge in [-0.3, -0.25) is 0 Å². The molecule has 0 saturated carbocycles. The highest BCUT2D eigenvalue weighted by Crippen LogP contribution is 2.36. The Hall–Kier alpha value is -2.13. The Bertz CT molecular complexity index is 551. The molecule has 0 fully saturated rings. The van der Waals surface area contributed by atoms with Gasteiger partial charge < -0.3 is 10.2 Å². The van der Waals surface area contributed by atoms with Crippen LogP contribution in [-0.2, 0) is 10.4 Å². The van der Waals surface area contributed by atoms with E-state index in [0.29, 0.717) is 5.56 Å². The predicted octanol–water partition coefficient (Wildman–Crippen LogP) is 2.76. The Morgan fingerprint density at radius 2 is 1.47 bits per heavy atom. The van der Waals surface area contributed by atoms with Gasteiger partial charge in [0, 0.05) is 5.92 Å². The zero-order valence-electron chi connectivity index (χ0n) is 10.7. The number of aliphatic hydroxyl groups is 1. The molecule has 2 rings (SSSR count). The Balaban J connectivity index is 2.49. The average molecular weight is 256 g/mol. The molecule has 98 valence electrons. The fourth-order valence-corrected chi connectivity index (χ4v) is 2.23. The van der Waals surface area contributed by atoms with Crippen LogP contribution in [0.4, 0.5) is 0 Å². The van der Waals surface area contributed by atoms with Crippen molar-refractivity contribution in [1.82, 2.24) is 0 Å². The lowest BCUT2D eigenvalue weighted by Crippen LogP contribution is -2.40. The first kappa shape index (κ1) is 13.3. The number of carboxylic acid groups (broad SMARTS) is 1. The van der Waals surface area contributed by atoms with Gasteiger partial charge in [0.25, 0.3) is 0 Å². The van der Waals surface area contributed by atoms with Crippen LogP contribution >= 0.6 is 0 Å². The van der Waals surface area contributed by atoms with E-state index in [1.807, 2.05) is 30.3 Å². The molecule has 0 aliphatic rings. The lowest BCUT2D eigenvalue weighted by atomic mass is 9.78. The van der Waals surface area contributed by atoms with Crippen molar-refractivity contribution in [3.8, 4) is 0 Å². The highest BCUT2D eigenvalue weighted by molar-refractivity contribution is 5.80. The van der Waals surface area contributed by atoms with Crippen molar-refractivity contribution in [1.29, 1.82) is 0 Å². The topological polar surface area (TPSA) is 57.5 Å². The molecule has 0 aliphatic carbocycles. The number of carbonyl (C=O) groups is 1. The highest BCUT2D eigenvalue weighted by atomic mass is 16.4. The molecular formula is C16H16O3. The SMILES string of the molecule is CC(c1ccccc1)[C@@](O)(C(=O)O)c1ccccc1. The van der Waals surface area contributed by atoms with Gasteiger partial charge >= 0.3 is 5.97 Å². The summed E-state index contributed by atoms with van der Waals surface area (Å²) in [6.45, 7) is 1.72. The standard InChI is InChI=1S/C16H16O3/c1-12(13-8-4-2-5-9-13)16(19,15(17)18)14-10-6-3-7-11-14/h2-12,19H,1H3,(H,17,18)/t12?,16-/m0/s1. The predicted molar refractivity (Wildman–Crippen MR) is 72.8 cm³/mol. The van der Waals surface area contributed by atoms with Gasteiger partial charge in [0.15, 0.2) is 5.60 Å². The second-order valence-corrected chi connectivity index (χ2v) is 4.57. The summed E-state index contributed by atoms with van der Waals surface area (Å²) in [5.74, 6) is -1.79. The lowest BCUT2D eigenvalue weighted by molar-refractivity contribution is -0.162. The Labute approximate surface area is 112 Å². The molecule has 0 radical (unpaired) electrons. The van der Waals surface area contributed by atoms with Gasteiger partial charge in [-0.1, -0.05) is 67.6 Å². The Morgan fingerprint density at radius 3 is 1.95 bits per heavy atom. The monoisotopic (exact) mass is 256 g/mol. The molecule has 2 N–H and O–H groups in total. The number of carboxylic acids is 1. The fourth-order valence-electron chi connectivity index (χ4n) is 2.23. The second-order valence-electron chi connectivity index (χ2n) is 4.57. The molecule has 0 spiro atoms. The highest BCUT2D eigenvalue weighted by Gasteiger charge is 2.44. The molecule has 0 amide bonds. The van der Waals surface area contributed by atoms with E-state index in [0.717, 1.165) is 5.56 Å². The summed E-state index contributed by atoms with van der Waals surface area (Å²) in [6, 6.07) is 17.7. The summed E-state index contributed by atoms with van der Waals surface area (Å²) < 4.78 is 0. The summed E-state index contributed by atoms with van der Waals surface area (Å²) in [6.07, 6.45) is 0. The number of hydrogen-bond donors (Lipinski definition) is 2. The minimum absolute atomic E-state index is 0.388. The van der Waals surface area contributed by atoms with E-state index in [1.165, 1.54) is 0 Å². The molecule has 0 heterocycles. The van der Waals surface area contributed by atoms with E-state index in [4.69, 9.17) is 0 Å². The third kappa shape index (κ3) is 2.37. The molecule has 19 heavy (non-hydrogen) atoms. The minimum atomic E-state index is -1.93. The van der Waals surface area contributed by atoms with Crippen molar-refractivity contribution in [3.63, 3.8) is 0 Å². The summed E-state index contributed by atoms with van der Waals surface area (Å²) in [7, 11) is 0. The van der Waals surface area contributed by atoms with E-state index in [-0.39, 0.29) is 0 Å².